The number of carbonyl (C=O) groups is 2. The molecule has 0 radical (unpaired) electrons. The molecule has 2 heterocycles. The maximum Gasteiger partial charge on any atom is 0.305 e. The SMILES string of the molecule is COC(=O)CCCC(=O)N1CCC(N2CCCC2C)CC1. The van der Waals surface area contributed by atoms with Crippen molar-refractivity contribution >= 4 is 11.9 Å². The van der Waals surface area contributed by atoms with Crippen LogP contribution in [0.15, 0.2) is 0 Å². The molecule has 21 heavy (non-hydrogen) atoms. The van der Waals surface area contributed by atoms with Gasteiger partial charge in [-0.2, -0.15) is 0 Å². The molecule has 2 fully saturated rings. The van der Waals surface area contributed by atoms with E-state index in [0.29, 0.717) is 31.3 Å². The van der Waals surface area contributed by atoms with E-state index in [1.165, 1.54) is 26.5 Å². The highest BCUT2D eigenvalue weighted by Crippen LogP contribution is 2.25. The van der Waals surface area contributed by atoms with E-state index in [2.05, 4.69) is 16.6 Å². The standard InChI is InChI=1S/C16H28N2O3/c1-13-5-4-10-18(13)14-8-11-17(12-9-14)15(19)6-3-7-16(20)21-2/h13-14H,3-12H2,1-2H3. The van der Waals surface area contributed by atoms with Gasteiger partial charge in [-0.05, 0) is 45.6 Å². The number of nitrogens with zero attached hydrogens (tertiary/aromatic N) is 2. The number of piperidine rings is 1. The predicted molar refractivity (Wildman–Crippen MR) is 80.9 cm³/mol. The number of esters is 1. The van der Waals surface area contributed by atoms with Crippen LogP contribution in [0, 0.1) is 0 Å². The van der Waals surface area contributed by atoms with Crippen LogP contribution in [0.1, 0.15) is 51.9 Å². The summed E-state index contributed by atoms with van der Waals surface area (Å²) in [7, 11) is 1.38. The average molecular weight is 296 g/mol. The minimum Gasteiger partial charge on any atom is -0.469 e. The Hall–Kier alpha value is -1.10. The molecule has 2 aliphatic heterocycles. The van der Waals surface area contributed by atoms with Gasteiger partial charge in [-0.1, -0.05) is 0 Å². The van der Waals surface area contributed by atoms with Crippen molar-refractivity contribution in [1.82, 2.24) is 9.80 Å². The van der Waals surface area contributed by atoms with Gasteiger partial charge in [0.05, 0.1) is 7.11 Å². The second kappa shape index (κ2) is 7.78. The zero-order chi connectivity index (χ0) is 15.2. The fraction of sp³-hybridized carbons (Fsp3) is 0.875. The van der Waals surface area contributed by atoms with E-state index in [4.69, 9.17) is 0 Å². The van der Waals surface area contributed by atoms with Crippen LogP contribution < -0.4 is 0 Å². The minimum atomic E-state index is -0.232. The van der Waals surface area contributed by atoms with Crippen LogP contribution in [0.3, 0.4) is 0 Å². The second-order valence-electron chi connectivity index (χ2n) is 6.27. The molecule has 5 nitrogen and oxygen atoms in total. The molecule has 120 valence electrons. The van der Waals surface area contributed by atoms with Gasteiger partial charge in [0.2, 0.25) is 5.91 Å². The molecule has 1 atom stereocenters. The Labute approximate surface area is 127 Å². The smallest absolute Gasteiger partial charge is 0.305 e. The molecule has 2 saturated heterocycles. The normalized spacial score (nSPS) is 24.3. The summed E-state index contributed by atoms with van der Waals surface area (Å²) < 4.78 is 4.59. The Morgan fingerprint density at radius 3 is 2.38 bits per heavy atom. The van der Waals surface area contributed by atoms with E-state index >= 15 is 0 Å². The number of ether oxygens (including phenoxy) is 1. The van der Waals surface area contributed by atoms with E-state index in [0.717, 1.165) is 25.9 Å². The van der Waals surface area contributed by atoms with Gasteiger partial charge in [-0.25, -0.2) is 0 Å². The summed E-state index contributed by atoms with van der Waals surface area (Å²) in [6.07, 6.45) is 6.19. The van der Waals surface area contributed by atoms with Crippen molar-refractivity contribution in [2.75, 3.05) is 26.7 Å². The maximum absolute atomic E-state index is 12.1. The molecule has 5 heteroatoms. The van der Waals surface area contributed by atoms with Crippen molar-refractivity contribution in [3.8, 4) is 0 Å². The highest BCUT2D eigenvalue weighted by Gasteiger charge is 2.31. The number of rotatable bonds is 5. The Kier molecular flexibility index (Phi) is 6.03. The summed E-state index contributed by atoms with van der Waals surface area (Å²) in [5.41, 5.74) is 0. The van der Waals surface area contributed by atoms with Gasteiger partial charge in [0.25, 0.3) is 0 Å². The molecule has 0 bridgehead atoms. The molecule has 0 N–H and O–H groups in total. The lowest BCUT2D eigenvalue weighted by molar-refractivity contribution is -0.141. The van der Waals surface area contributed by atoms with Crippen LogP contribution in [0.25, 0.3) is 0 Å². The van der Waals surface area contributed by atoms with E-state index in [9.17, 15) is 9.59 Å². The zero-order valence-electron chi connectivity index (χ0n) is 13.3. The fourth-order valence-electron chi connectivity index (χ4n) is 3.59. The second-order valence-corrected chi connectivity index (χ2v) is 6.27. The molecule has 2 rings (SSSR count). The summed E-state index contributed by atoms with van der Waals surface area (Å²) >= 11 is 0. The first kappa shape index (κ1) is 16.3. The molecule has 1 unspecified atom stereocenters. The zero-order valence-corrected chi connectivity index (χ0v) is 13.3. The average Bonchev–Trinajstić information content (AvgIpc) is 2.93. The minimum absolute atomic E-state index is 0.187. The molecule has 0 saturated carbocycles. The van der Waals surface area contributed by atoms with Crippen molar-refractivity contribution in [2.45, 2.75) is 64.0 Å². The molecule has 0 spiro atoms. The van der Waals surface area contributed by atoms with E-state index in [-0.39, 0.29) is 11.9 Å². The molecular weight excluding hydrogens is 268 g/mol. The van der Waals surface area contributed by atoms with Crippen molar-refractivity contribution in [1.29, 1.82) is 0 Å². The van der Waals surface area contributed by atoms with Gasteiger partial charge in [-0.3, -0.25) is 14.5 Å². The highest BCUT2D eigenvalue weighted by molar-refractivity contribution is 5.77. The summed E-state index contributed by atoms with van der Waals surface area (Å²) in [6, 6.07) is 1.36. The first-order valence-corrected chi connectivity index (χ1v) is 8.22. The van der Waals surface area contributed by atoms with Crippen LogP contribution in [-0.2, 0) is 14.3 Å². The number of hydrogen-bond donors (Lipinski definition) is 0. The van der Waals surface area contributed by atoms with Crippen molar-refractivity contribution in [2.24, 2.45) is 0 Å². The van der Waals surface area contributed by atoms with Gasteiger partial charge < -0.3 is 9.64 Å². The third kappa shape index (κ3) is 4.43. The topological polar surface area (TPSA) is 49.9 Å². The van der Waals surface area contributed by atoms with Gasteiger partial charge in [0.15, 0.2) is 0 Å². The molecule has 0 aromatic carbocycles. The molecule has 0 aromatic rings. The van der Waals surface area contributed by atoms with Crippen molar-refractivity contribution in [3.05, 3.63) is 0 Å². The Morgan fingerprint density at radius 1 is 1.10 bits per heavy atom. The molecular formula is C16H28N2O3. The van der Waals surface area contributed by atoms with Crippen LogP contribution in [0.5, 0.6) is 0 Å². The van der Waals surface area contributed by atoms with Crippen LogP contribution >= 0.6 is 0 Å². The summed E-state index contributed by atoms with van der Waals surface area (Å²) in [6.45, 7) is 5.27. The maximum atomic E-state index is 12.1. The largest absolute Gasteiger partial charge is 0.469 e. The molecule has 2 aliphatic rings. The van der Waals surface area contributed by atoms with Gasteiger partial charge >= 0.3 is 5.97 Å². The Balaban J connectivity index is 1.68. The summed E-state index contributed by atoms with van der Waals surface area (Å²) in [5.74, 6) is -0.0450. The summed E-state index contributed by atoms with van der Waals surface area (Å²) in [5, 5.41) is 0. The third-order valence-corrected chi connectivity index (χ3v) is 4.89. The van der Waals surface area contributed by atoms with E-state index in [1.807, 2.05) is 4.90 Å². The Morgan fingerprint density at radius 2 is 1.81 bits per heavy atom. The van der Waals surface area contributed by atoms with Crippen LogP contribution in [0.4, 0.5) is 0 Å². The first-order chi connectivity index (χ1) is 10.1. The van der Waals surface area contributed by atoms with Gasteiger partial charge in [0, 0.05) is 38.0 Å². The number of carbonyl (C=O) groups excluding carboxylic acids is 2. The van der Waals surface area contributed by atoms with Gasteiger partial charge in [0.1, 0.15) is 0 Å². The van der Waals surface area contributed by atoms with Crippen molar-refractivity contribution in [3.63, 3.8) is 0 Å². The number of methoxy groups -OCH3 is 1. The molecule has 1 amide bonds. The van der Waals surface area contributed by atoms with E-state index in [1.54, 1.807) is 0 Å². The number of likely N-dealkylation sites (tertiary alicyclic amines) is 2. The Bertz CT molecular complexity index is 365. The first-order valence-electron chi connectivity index (χ1n) is 8.22. The fourth-order valence-corrected chi connectivity index (χ4v) is 3.59. The lowest BCUT2D eigenvalue weighted by Gasteiger charge is -2.38. The molecule has 0 aromatic heterocycles. The van der Waals surface area contributed by atoms with Crippen molar-refractivity contribution < 1.29 is 14.3 Å². The summed E-state index contributed by atoms with van der Waals surface area (Å²) in [4.78, 5) is 27.7. The van der Waals surface area contributed by atoms with E-state index < -0.39 is 0 Å². The highest BCUT2D eigenvalue weighted by atomic mass is 16.5. The van der Waals surface area contributed by atoms with Gasteiger partial charge in [-0.15, -0.1) is 0 Å². The van der Waals surface area contributed by atoms with Crippen LogP contribution in [-0.4, -0.2) is 60.5 Å². The number of hydrogen-bond acceptors (Lipinski definition) is 4. The monoisotopic (exact) mass is 296 g/mol. The van der Waals surface area contributed by atoms with Crippen LogP contribution in [0.2, 0.25) is 0 Å². The third-order valence-electron chi connectivity index (χ3n) is 4.89. The quantitative estimate of drug-likeness (QED) is 0.726. The molecule has 0 aliphatic carbocycles. The predicted octanol–water partition coefficient (Wildman–Crippen LogP) is 1.80. The lowest BCUT2D eigenvalue weighted by atomic mass is 10.0. The number of amides is 1. The lowest BCUT2D eigenvalue weighted by Crippen LogP contribution is -2.47.